The standard InChI is InChI=1S/C15H21NO2/c1-10-6-7-14(12(3)11(10)2)15(18)16-8-4-5-13(17)9-16/h6-7,13,17H,4-5,8-9H2,1-3H3. The number of amides is 1. The van der Waals surface area contributed by atoms with Crippen LogP contribution >= 0.6 is 0 Å². The minimum absolute atomic E-state index is 0.0503. The van der Waals surface area contributed by atoms with E-state index in [1.54, 1.807) is 4.90 Å². The smallest absolute Gasteiger partial charge is 0.254 e. The molecule has 1 atom stereocenters. The summed E-state index contributed by atoms with van der Waals surface area (Å²) in [5.41, 5.74) is 4.22. The molecule has 1 aromatic carbocycles. The Bertz CT molecular complexity index is 468. The molecule has 1 fully saturated rings. The van der Waals surface area contributed by atoms with E-state index < -0.39 is 0 Å². The number of β-amino-alcohol motifs (C(OH)–C–C–N with tert-alkyl or cyclic N) is 1. The number of piperidine rings is 1. The molecule has 0 bridgehead atoms. The van der Waals surface area contributed by atoms with Crippen LogP contribution in [0.15, 0.2) is 12.1 Å². The number of carbonyl (C=O) groups is 1. The van der Waals surface area contributed by atoms with Gasteiger partial charge in [-0.3, -0.25) is 4.79 Å². The molecule has 0 saturated carbocycles. The summed E-state index contributed by atoms with van der Waals surface area (Å²) < 4.78 is 0. The van der Waals surface area contributed by atoms with Crippen LogP contribution in [-0.2, 0) is 0 Å². The van der Waals surface area contributed by atoms with Crippen LogP contribution in [-0.4, -0.2) is 35.1 Å². The zero-order chi connectivity index (χ0) is 13.3. The highest BCUT2D eigenvalue weighted by Gasteiger charge is 2.24. The van der Waals surface area contributed by atoms with E-state index in [1.807, 2.05) is 26.0 Å². The minimum atomic E-state index is -0.366. The second-order valence-corrected chi connectivity index (χ2v) is 5.23. The van der Waals surface area contributed by atoms with Crippen LogP contribution in [0, 0.1) is 20.8 Å². The highest BCUT2D eigenvalue weighted by molar-refractivity contribution is 5.96. The fourth-order valence-electron chi connectivity index (χ4n) is 2.50. The Labute approximate surface area is 108 Å². The van der Waals surface area contributed by atoms with Crippen molar-refractivity contribution in [3.05, 3.63) is 34.4 Å². The summed E-state index contributed by atoms with van der Waals surface area (Å²) in [6, 6.07) is 3.90. The molecule has 1 N–H and O–H groups in total. The number of benzene rings is 1. The van der Waals surface area contributed by atoms with E-state index in [0.29, 0.717) is 6.54 Å². The first kappa shape index (κ1) is 13.1. The van der Waals surface area contributed by atoms with Crippen molar-refractivity contribution in [3.63, 3.8) is 0 Å². The lowest BCUT2D eigenvalue weighted by Crippen LogP contribution is -2.42. The average Bonchev–Trinajstić information content (AvgIpc) is 2.35. The second kappa shape index (κ2) is 5.11. The minimum Gasteiger partial charge on any atom is -0.391 e. The predicted molar refractivity (Wildman–Crippen MR) is 71.8 cm³/mol. The number of aryl methyl sites for hydroxylation is 1. The molecule has 2 rings (SSSR count). The van der Waals surface area contributed by atoms with E-state index in [0.717, 1.165) is 30.5 Å². The van der Waals surface area contributed by atoms with Gasteiger partial charge in [-0.15, -0.1) is 0 Å². The summed E-state index contributed by atoms with van der Waals surface area (Å²) in [5.74, 6) is 0.0503. The van der Waals surface area contributed by atoms with Gasteiger partial charge in [-0.05, 0) is 56.4 Å². The zero-order valence-corrected chi connectivity index (χ0v) is 11.4. The third kappa shape index (κ3) is 2.41. The van der Waals surface area contributed by atoms with Crippen LogP contribution < -0.4 is 0 Å². The van der Waals surface area contributed by atoms with Crippen molar-refractivity contribution in [1.29, 1.82) is 0 Å². The number of hydrogen-bond acceptors (Lipinski definition) is 2. The molecule has 1 aliphatic rings. The van der Waals surface area contributed by atoms with Crippen molar-refractivity contribution >= 4 is 5.91 Å². The van der Waals surface area contributed by atoms with E-state index in [1.165, 1.54) is 11.1 Å². The first-order valence-corrected chi connectivity index (χ1v) is 6.55. The van der Waals surface area contributed by atoms with Crippen LogP contribution in [0.3, 0.4) is 0 Å². The Balaban J connectivity index is 2.26. The average molecular weight is 247 g/mol. The number of hydrogen-bond donors (Lipinski definition) is 1. The quantitative estimate of drug-likeness (QED) is 0.826. The van der Waals surface area contributed by atoms with Gasteiger partial charge in [-0.1, -0.05) is 6.07 Å². The van der Waals surface area contributed by atoms with Crippen LogP contribution in [0.4, 0.5) is 0 Å². The van der Waals surface area contributed by atoms with Crippen LogP contribution in [0.5, 0.6) is 0 Å². The predicted octanol–water partition coefficient (Wildman–Crippen LogP) is 2.21. The van der Waals surface area contributed by atoms with Gasteiger partial charge in [0.15, 0.2) is 0 Å². The van der Waals surface area contributed by atoms with Gasteiger partial charge in [0.05, 0.1) is 6.10 Å². The molecule has 1 heterocycles. The lowest BCUT2D eigenvalue weighted by atomic mass is 9.97. The molecule has 3 nitrogen and oxygen atoms in total. The van der Waals surface area contributed by atoms with Crippen molar-refractivity contribution in [2.75, 3.05) is 13.1 Å². The number of rotatable bonds is 1. The summed E-state index contributed by atoms with van der Waals surface area (Å²) in [4.78, 5) is 14.2. The van der Waals surface area contributed by atoms with Crippen LogP contribution in [0.2, 0.25) is 0 Å². The maximum absolute atomic E-state index is 12.4. The topological polar surface area (TPSA) is 40.5 Å². The molecule has 1 saturated heterocycles. The first-order chi connectivity index (χ1) is 8.50. The van der Waals surface area contributed by atoms with Gasteiger partial charge in [0.1, 0.15) is 0 Å². The maximum Gasteiger partial charge on any atom is 0.254 e. The first-order valence-electron chi connectivity index (χ1n) is 6.55. The third-order valence-electron chi connectivity index (χ3n) is 3.97. The highest BCUT2D eigenvalue weighted by atomic mass is 16.3. The molecule has 0 radical (unpaired) electrons. The normalized spacial score (nSPS) is 20.0. The molecule has 0 aliphatic carbocycles. The van der Waals surface area contributed by atoms with Crippen LogP contribution in [0.1, 0.15) is 39.9 Å². The lowest BCUT2D eigenvalue weighted by Gasteiger charge is -2.30. The molecule has 0 aromatic heterocycles. The Morgan fingerprint density at radius 2 is 2.00 bits per heavy atom. The maximum atomic E-state index is 12.4. The van der Waals surface area contributed by atoms with E-state index >= 15 is 0 Å². The monoisotopic (exact) mass is 247 g/mol. The van der Waals surface area contributed by atoms with E-state index in [-0.39, 0.29) is 12.0 Å². The molecule has 18 heavy (non-hydrogen) atoms. The second-order valence-electron chi connectivity index (χ2n) is 5.23. The fourth-order valence-corrected chi connectivity index (χ4v) is 2.50. The van der Waals surface area contributed by atoms with E-state index in [4.69, 9.17) is 0 Å². The van der Waals surface area contributed by atoms with E-state index in [9.17, 15) is 9.90 Å². The Hall–Kier alpha value is -1.35. The highest BCUT2D eigenvalue weighted by Crippen LogP contribution is 2.20. The summed E-state index contributed by atoms with van der Waals surface area (Å²) >= 11 is 0. The molecule has 0 spiro atoms. The van der Waals surface area contributed by atoms with Crippen molar-refractivity contribution in [2.45, 2.75) is 39.7 Å². The Morgan fingerprint density at radius 1 is 1.28 bits per heavy atom. The number of aliphatic hydroxyl groups is 1. The lowest BCUT2D eigenvalue weighted by molar-refractivity contribution is 0.0473. The van der Waals surface area contributed by atoms with Gasteiger partial charge >= 0.3 is 0 Å². The Morgan fingerprint density at radius 3 is 2.67 bits per heavy atom. The van der Waals surface area contributed by atoms with Gasteiger partial charge in [0.25, 0.3) is 5.91 Å². The number of carbonyl (C=O) groups excluding carboxylic acids is 1. The van der Waals surface area contributed by atoms with Gasteiger partial charge in [0, 0.05) is 18.7 Å². The number of aliphatic hydroxyl groups excluding tert-OH is 1. The van der Waals surface area contributed by atoms with Gasteiger partial charge in [0.2, 0.25) is 0 Å². The number of nitrogens with zero attached hydrogens (tertiary/aromatic N) is 1. The zero-order valence-electron chi connectivity index (χ0n) is 11.4. The van der Waals surface area contributed by atoms with E-state index in [2.05, 4.69) is 6.92 Å². The Kier molecular flexibility index (Phi) is 3.71. The molecular weight excluding hydrogens is 226 g/mol. The van der Waals surface area contributed by atoms with Crippen molar-refractivity contribution in [2.24, 2.45) is 0 Å². The van der Waals surface area contributed by atoms with Crippen molar-refractivity contribution in [1.82, 2.24) is 4.90 Å². The third-order valence-corrected chi connectivity index (χ3v) is 3.97. The summed E-state index contributed by atoms with van der Waals surface area (Å²) in [6.45, 7) is 7.32. The van der Waals surface area contributed by atoms with Gasteiger partial charge in [-0.25, -0.2) is 0 Å². The largest absolute Gasteiger partial charge is 0.391 e. The van der Waals surface area contributed by atoms with Crippen molar-refractivity contribution < 1.29 is 9.90 Å². The summed E-state index contributed by atoms with van der Waals surface area (Å²) in [7, 11) is 0. The number of likely N-dealkylation sites (tertiary alicyclic amines) is 1. The molecule has 3 heteroatoms. The molecule has 1 unspecified atom stereocenters. The SMILES string of the molecule is Cc1ccc(C(=O)N2CCCC(O)C2)c(C)c1C. The fraction of sp³-hybridized carbons (Fsp3) is 0.533. The molecule has 1 aliphatic heterocycles. The van der Waals surface area contributed by atoms with Crippen LogP contribution in [0.25, 0.3) is 0 Å². The van der Waals surface area contributed by atoms with Gasteiger partial charge < -0.3 is 10.0 Å². The molecule has 98 valence electrons. The molecule has 1 amide bonds. The summed E-state index contributed by atoms with van der Waals surface area (Å²) in [6.07, 6.45) is 1.32. The molecule has 1 aromatic rings. The van der Waals surface area contributed by atoms with Crippen molar-refractivity contribution in [3.8, 4) is 0 Å². The molecular formula is C15H21NO2. The van der Waals surface area contributed by atoms with Gasteiger partial charge in [-0.2, -0.15) is 0 Å². The summed E-state index contributed by atoms with van der Waals surface area (Å²) in [5, 5.41) is 9.65.